The van der Waals surface area contributed by atoms with Crippen LogP contribution in [0.5, 0.6) is 0 Å². The maximum absolute atomic E-state index is 14.0. The summed E-state index contributed by atoms with van der Waals surface area (Å²) in [6, 6.07) is 14.0. The van der Waals surface area contributed by atoms with Crippen LogP contribution in [0.25, 0.3) is 0 Å². The molecule has 20 heteroatoms. The number of ketones is 2. The summed E-state index contributed by atoms with van der Waals surface area (Å²) in [5.41, 5.74) is 6.59. The van der Waals surface area contributed by atoms with Gasteiger partial charge in [0.15, 0.2) is 5.78 Å². The van der Waals surface area contributed by atoms with Crippen molar-refractivity contribution in [3.8, 4) is 0 Å². The van der Waals surface area contributed by atoms with Crippen LogP contribution in [-0.4, -0.2) is 129 Å². The molecule has 3 saturated carbocycles. The van der Waals surface area contributed by atoms with E-state index in [0.29, 0.717) is 72.8 Å². The fourth-order valence-corrected chi connectivity index (χ4v) is 16.9. The maximum Gasteiger partial charge on any atom is 0.411 e. The Morgan fingerprint density at radius 2 is 1.52 bits per heavy atom. The maximum atomic E-state index is 14.0. The van der Waals surface area contributed by atoms with Crippen LogP contribution in [0.3, 0.4) is 0 Å². The van der Waals surface area contributed by atoms with Crippen LogP contribution >= 0.6 is 11.8 Å². The average molecular weight is 1220 g/mol. The number of fused-ring (bicyclic) bond motifs is 2. The standard InChI is InChI=1S/C67H93N7O12S/c1-9-65(6)37-54(66(7)42(4)28-30-67(43(5)61(65)81)31-29-52(75)60(66)67)86-58(80)40-87-51-35-49-24-25-50(36-51)74(49,8)38-44-16-20-48(21-17-44)71-64(84)85-39-45-18-22-47(23-19-45)70-62(82)46(14-13-32-69-63(68)83)34-53(76)59(41(2)3)72-55(77)15-11-10-12-33-73-56(78)26-27-57(73)79/h9,16-23,26-27,41-43,46,49-51,54,59-61,81H,1,10-15,24-25,28-40H2,2-8H3,(H5-,68,69,70,71,72,77,82,83,84)/p+1/t42?,43-,46+,49?,50?,51?,54+,59-,60-,61-,65+,66-,67?,74?/m0/s1. The van der Waals surface area contributed by atoms with Gasteiger partial charge < -0.3 is 40.7 Å². The zero-order chi connectivity index (χ0) is 63.0. The molecule has 3 heterocycles. The SMILES string of the molecule is C=C[C@]1(C)C[C@@H](OC(=O)CSC2CC3CCC(C2)[N+]3(C)Cc2ccc(NC(=O)OCc3ccc(NC(=O)[C@H](CCCNC(N)=O)CC(=O)[C@@H](NC(=O)CCCCCN4C(=O)C=CC4=O)C(C)C)cc3)cc2)[C@]2(C)C(C)CCC3(CCC(=O)[C@H]32)[C@@H](C)[C@@H]1O. The van der Waals surface area contributed by atoms with E-state index in [2.05, 4.69) is 55.7 Å². The van der Waals surface area contributed by atoms with Gasteiger partial charge >= 0.3 is 18.1 Å². The number of hydrogen-bond acceptors (Lipinski definition) is 13. The van der Waals surface area contributed by atoms with Gasteiger partial charge in [-0.25, -0.2) is 9.59 Å². The summed E-state index contributed by atoms with van der Waals surface area (Å²) in [4.78, 5) is 118. The third-order valence-electron chi connectivity index (χ3n) is 21.3. The van der Waals surface area contributed by atoms with Gasteiger partial charge in [0, 0.05) is 115 Å². The molecule has 6 aliphatic rings. The zero-order valence-corrected chi connectivity index (χ0v) is 52.9. The molecule has 3 aliphatic heterocycles. The van der Waals surface area contributed by atoms with Gasteiger partial charge in [-0.2, -0.15) is 0 Å². The van der Waals surface area contributed by atoms with Crippen LogP contribution in [-0.2, 0) is 56.2 Å². The number of anilines is 2. The van der Waals surface area contributed by atoms with Crippen molar-refractivity contribution in [2.24, 2.45) is 51.6 Å². The lowest BCUT2D eigenvalue weighted by atomic mass is 9.44. The third kappa shape index (κ3) is 15.2. The van der Waals surface area contributed by atoms with E-state index >= 15 is 0 Å². The highest BCUT2D eigenvalue weighted by molar-refractivity contribution is 8.00. The van der Waals surface area contributed by atoms with E-state index in [1.165, 1.54) is 12.2 Å². The van der Waals surface area contributed by atoms with Gasteiger partial charge in [-0.05, 0) is 104 Å². The molecule has 7 N–H and O–H groups in total. The Balaban J connectivity index is 0.775. The molecule has 87 heavy (non-hydrogen) atoms. The molecule has 19 nitrogen and oxygen atoms in total. The van der Waals surface area contributed by atoms with Crippen molar-refractivity contribution in [1.29, 1.82) is 0 Å². The van der Waals surface area contributed by atoms with E-state index in [9.17, 15) is 48.3 Å². The van der Waals surface area contributed by atoms with Crippen LogP contribution in [0.4, 0.5) is 21.0 Å². The minimum absolute atomic E-state index is 0.0378. The smallest absolute Gasteiger partial charge is 0.411 e. The van der Waals surface area contributed by atoms with Gasteiger partial charge in [0.05, 0.1) is 37.0 Å². The number of nitrogens with one attached hydrogen (secondary N) is 4. The fourth-order valence-electron chi connectivity index (χ4n) is 15.8. The summed E-state index contributed by atoms with van der Waals surface area (Å²) in [6.07, 6.45) is 12.4. The average Bonchev–Trinajstić information content (AvgIpc) is 1.16. The van der Waals surface area contributed by atoms with Crippen LogP contribution in [0.15, 0.2) is 73.3 Å². The highest BCUT2D eigenvalue weighted by Gasteiger charge is 2.68. The number of esters is 1. The van der Waals surface area contributed by atoms with E-state index in [4.69, 9.17) is 15.2 Å². The number of piperidine rings is 1. The molecule has 0 radical (unpaired) electrons. The minimum atomic E-state index is -0.845. The number of aliphatic hydroxyl groups excluding tert-OH is 1. The number of primary amides is 1. The molecular formula is C67H94N7O12S+. The van der Waals surface area contributed by atoms with Gasteiger partial charge in [0.1, 0.15) is 25.0 Å². The predicted molar refractivity (Wildman–Crippen MR) is 333 cm³/mol. The third-order valence-corrected chi connectivity index (χ3v) is 22.5. The van der Waals surface area contributed by atoms with E-state index in [1.54, 1.807) is 36.0 Å². The number of rotatable bonds is 27. The molecule has 2 aromatic rings. The minimum Gasteiger partial charge on any atom is -0.461 e. The van der Waals surface area contributed by atoms with Crippen molar-refractivity contribution in [2.45, 2.75) is 193 Å². The van der Waals surface area contributed by atoms with Gasteiger partial charge in [-0.1, -0.05) is 78.3 Å². The number of nitrogens with zero attached hydrogens (tertiary/aromatic N) is 2. The summed E-state index contributed by atoms with van der Waals surface area (Å²) in [5, 5.41) is 23.3. The second-order valence-electron chi connectivity index (χ2n) is 27.0. The van der Waals surface area contributed by atoms with Crippen molar-refractivity contribution in [3.63, 3.8) is 0 Å². The van der Waals surface area contributed by atoms with Gasteiger partial charge in [-0.3, -0.25) is 43.8 Å². The highest BCUT2D eigenvalue weighted by Crippen LogP contribution is 2.68. The number of quaternary nitrogens is 1. The number of ether oxygens (including phenoxy) is 2. The first-order valence-electron chi connectivity index (χ1n) is 31.6. The second kappa shape index (κ2) is 28.4. The number of benzene rings is 2. The van der Waals surface area contributed by atoms with E-state index in [-0.39, 0.29) is 109 Å². The first-order valence-corrected chi connectivity index (χ1v) is 32.7. The first-order chi connectivity index (χ1) is 41.3. The number of amides is 7. The van der Waals surface area contributed by atoms with Crippen LogP contribution < -0.4 is 27.0 Å². The summed E-state index contributed by atoms with van der Waals surface area (Å²) < 4.78 is 13.1. The van der Waals surface area contributed by atoms with Gasteiger partial charge in [0.25, 0.3) is 11.8 Å². The fraction of sp³-hybridized carbons (Fsp3) is 0.627. The molecule has 4 unspecified atom stereocenters. The van der Waals surface area contributed by atoms with Crippen molar-refractivity contribution >= 4 is 76.4 Å². The van der Waals surface area contributed by atoms with Gasteiger partial charge in [-0.15, -0.1) is 18.3 Å². The van der Waals surface area contributed by atoms with Crippen molar-refractivity contribution < 1.29 is 62.2 Å². The lowest BCUT2D eigenvalue weighted by molar-refractivity contribution is -0.960. The molecule has 12 atom stereocenters. The summed E-state index contributed by atoms with van der Waals surface area (Å²) in [6.45, 7) is 17.6. The number of urea groups is 1. The topological polar surface area (TPSA) is 270 Å². The van der Waals surface area contributed by atoms with Crippen molar-refractivity contribution in [2.75, 3.05) is 36.5 Å². The number of hydrogen-bond donors (Lipinski definition) is 6. The first kappa shape index (κ1) is 66.6. The Bertz CT molecular complexity index is 2890. The Morgan fingerprint density at radius 1 is 0.874 bits per heavy atom. The Hall–Kier alpha value is -6.38. The highest BCUT2D eigenvalue weighted by atomic mass is 32.2. The van der Waals surface area contributed by atoms with E-state index in [1.807, 2.05) is 51.1 Å². The Labute approximate surface area is 517 Å². The van der Waals surface area contributed by atoms with Crippen molar-refractivity contribution in [3.05, 3.63) is 84.5 Å². The molecule has 474 valence electrons. The predicted octanol–water partition coefficient (Wildman–Crippen LogP) is 9.30. The number of aliphatic hydroxyl groups is 1. The molecule has 2 saturated heterocycles. The lowest BCUT2D eigenvalue weighted by Gasteiger charge is -2.61. The number of Topliss-reactive ketones (excluding diaryl/α,β-unsaturated/α-hetero) is 2. The molecule has 3 aliphatic carbocycles. The number of thioether (sulfide) groups is 1. The number of imide groups is 1. The monoisotopic (exact) mass is 1220 g/mol. The zero-order valence-electron chi connectivity index (χ0n) is 52.1. The Kier molecular flexibility index (Phi) is 21.7. The molecule has 0 aromatic heterocycles. The van der Waals surface area contributed by atoms with E-state index < -0.39 is 53.0 Å². The molecule has 0 spiro atoms. The summed E-state index contributed by atoms with van der Waals surface area (Å²) >= 11 is 1.70. The summed E-state index contributed by atoms with van der Waals surface area (Å²) in [5.74, 6) is -2.72. The van der Waals surface area contributed by atoms with Crippen molar-refractivity contribution in [1.82, 2.24) is 15.5 Å². The normalized spacial score (nSPS) is 30.6. The molecule has 7 amide bonds. The number of carbonyl (C=O) groups is 9. The molecular weight excluding hydrogens is 1130 g/mol. The number of carbonyl (C=O) groups excluding carboxylic acids is 9. The second-order valence-corrected chi connectivity index (χ2v) is 28.3. The van der Waals surface area contributed by atoms with Crippen LogP contribution in [0.2, 0.25) is 0 Å². The van der Waals surface area contributed by atoms with E-state index in [0.717, 1.165) is 66.4 Å². The molecule has 8 rings (SSSR count). The van der Waals surface area contributed by atoms with Crippen LogP contribution in [0.1, 0.15) is 155 Å². The molecule has 4 bridgehead atoms. The number of nitrogens with two attached hydrogens (primary N) is 1. The summed E-state index contributed by atoms with van der Waals surface area (Å²) in [7, 11) is 2.35. The lowest BCUT2D eigenvalue weighted by Crippen LogP contribution is -2.63. The van der Waals surface area contributed by atoms with Gasteiger partial charge in [0.2, 0.25) is 11.8 Å². The molecule has 2 aromatic carbocycles. The quantitative estimate of drug-likeness (QED) is 0.0160. The largest absolute Gasteiger partial charge is 0.461 e. The van der Waals surface area contributed by atoms with Crippen LogP contribution in [0, 0.1) is 45.8 Å². The number of unbranched alkanes of at least 4 members (excludes halogenated alkanes) is 2. The Morgan fingerprint density at radius 3 is 2.15 bits per heavy atom. The molecule has 5 fully saturated rings.